The quantitative estimate of drug-likeness (QED) is 0.374. The van der Waals surface area contributed by atoms with Crippen molar-refractivity contribution in [1.29, 1.82) is 0 Å². The number of furan rings is 1. The predicted octanol–water partition coefficient (Wildman–Crippen LogP) is 4.21. The maximum Gasteiger partial charge on any atom is 0.287 e. The summed E-state index contributed by atoms with van der Waals surface area (Å²) >= 11 is 3.18. The Morgan fingerprint density at radius 1 is 1.09 bits per heavy atom. The first-order valence-electron chi connectivity index (χ1n) is 10.8. The van der Waals surface area contributed by atoms with Gasteiger partial charge in [0, 0.05) is 23.5 Å². The van der Waals surface area contributed by atoms with E-state index in [4.69, 9.17) is 4.42 Å². The molecule has 0 unspecified atom stereocenters. The molecule has 10 heteroatoms. The molecule has 0 aliphatic carbocycles. The molecule has 0 aliphatic rings. The van der Waals surface area contributed by atoms with Crippen LogP contribution in [-0.2, 0) is 17.8 Å². The standard InChI is InChI=1S/C24H25BrN6O3/c1-13-5-6-14(2)18(11-13)28-22(32)10-7-17-15(3)27-24-29-21(30-31(24)16(17)4)12-26-23(33)19-8-9-20(25)34-19/h5-6,8-9,11H,7,10,12H2,1-4H3,(H,26,33)(H,28,32). The molecule has 4 aromatic rings. The van der Waals surface area contributed by atoms with E-state index < -0.39 is 0 Å². The average molecular weight is 525 g/mol. The number of fused-ring (bicyclic) bond motifs is 1. The number of nitrogens with one attached hydrogen (secondary N) is 2. The fourth-order valence-corrected chi connectivity index (χ4v) is 4.00. The van der Waals surface area contributed by atoms with Crippen LogP contribution in [0.1, 0.15) is 50.9 Å². The molecular weight excluding hydrogens is 500 g/mol. The lowest BCUT2D eigenvalue weighted by atomic mass is 10.1. The number of rotatable bonds is 7. The highest BCUT2D eigenvalue weighted by atomic mass is 79.9. The van der Waals surface area contributed by atoms with Crippen LogP contribution in [-0.4, -0.2) is 31.4 Å². The summed E-state index contributed by atoms with van der Waals surface area (Å²) in [6.07, 6.45) is 0.842. The van der Waals surface area contributed by atoms with E-state index in [2.05, 4.69) is 41.6 Å². The Morgan fingerprint density at radius 3 is 2.62 bits per heavy atom. The molecular formula is C24H25BrN6O3. The number of aromatic nitrogens is 4. The van der Waals surface area contributed by atoms with Gasteiger partial charge in [-0.3, -0.25) is 9.59 Å². The molecule has 0 spiro atoms. The number of nitrogens with zero attached hydrogens (tertiary/aromatic N) is 4. The van der Waals surface area contributed by atoms with Gasteiger partial charge in [-0.15, -0.1) is 5.10 Å². The van der Waals surface area contributed by atoms with Crippen LogP contribution in [0, 0.1) is 27.7 Å². The van der Waals surface area contributed by atoms with Crippen molar-refractivity contribution in [3.63, 3.8) is 0 Å². The van der Waals surface area contributed by atoms with Gasteiger partial charge in [0.2, 0.25) is 5.91 Å². The molecule has 0 radical (unpaired) electrons. The second-order valence-electron chi connectivity index (χ2n) is 8.15. The van der Waals surface area contributed by atoms with Crippen LogP contribution >= 0.6 is 15.9 Å². The van der Waals surface area contributed by atoms with Crippen LogP contribution in [0.2, 0.25) is 0 Å². The minimum Gasteiger partial charge on any atom is -0.444 e. The van der Waals surface area contributed by atoms with E-state index in [-0.39, 0.29) is 24.1 Å². The number of carbonyl (C=O) groups excluding carboxylic acids is 2. The third kappa shape index (κ3) is 5.17. The van der Waals surface area contributed by atoms with E-state index in [1.807, 2.05) is 45.9 Å². The van der Waals surface area contributed by atoms with Crippen LogP contribution in [0.3, 0.4) is 0 Å². The molecule has 0 aliphatic heterocycles. The molecule has 0 saturated heterocycles. The first kappa shape index (κ1) is 23.6. The van der Waals surface area contributed by atoms with Gasteiger partial charge in [-0.25, -0.2) is 9.50 Å². The predicted molar refractivity (Wildman–Crippen MR) is 131 cm³/mol. The molecule has 3 aromatic heterocycles. The van der Waals surface area contributed by atoms with Crippen molar-refractivity contribution in [2.45, 2.75) is 47.1 Å². The number of carbonyl (C=O) groups is 2. The second kappa shape index (κ2) is 9.76. The van der Waals surface area contributed by atoms with Crippen molar-refractivity contribution in [2.24, 2.45) is 0 Å². The summed E-state index contributed by atoms with van der Waals surface area (Å²) in [5.74, 6) is 0.657. The van der Waals surface area contributed by atoms with Gasteiger partial charge in [0.05, 0.1) is 6.54 Å². The molecule has 4 rings (SSSR count). The Balaban J connectivity index is 1.44. The minimum absolute atomic E-state index is 0.0563. The SMILES string of the molecule is Cc1ccc(C)c(NC(=O)CCc2c(C)nc3nc(CNC(=O)c4ccc(Br)o4)nn3c2C)c1. The number of aryl methyl sites for hydroxylation is 4. The van der Waals surface area contributed by atoms with Crippen LogP contribution in [0.4, 0.5) is 5.69 Å². The Labute approximate surface area is 205 Å². The number of benzene rings is 1. The summed E-state index contributed by atoms with van der Waals surface area (Å²) in [7, 11) is 0. The molecule has 176 valence electrons. The Kier molecular flexibility index (Phi) is 6.78. The first-order chi connectivity index (χ1) is 16.2. The smallest absolute Gasteiger partial charge is 0.287 e. The van der Waals surface area contributed by atoms with Crippen molar-refractivity contribution in [2.75, 3.05) is 5.32 Å². The maximum absolute atomic E-state index is 12.6. The minimum atomic E-state index is -0.360. The number of anilines is 1. The van der Waals surface area contributed by atoms with Gasteiger partial charge in [-0.2, -0.15) is 4.98 Å². The fourth-order valence-electron chi connectivity index (χ4n) is 3.69. The van der Waals surface area contributed by atoms with E-state index in [0.29, 0.717) is 29.1 Å². The fraction of sp³-hybridized carbons (Fsp3) is 0.292. The van der Waals surface area contributed by atoms with E-state index in [1.165, 1.54) is 0 Å². The number of amides is 2. The molecule has 1 aromatic carbocycles. The molecule has 9 nitrogen and oxygen atoms in total. The van der Waals surface area contributed by atoms with Gasteiger partial charge in [-0.1, -0.05) is 12.1 Å². The van der Waals surface area contributed by atoms with Gasteiger partial charge >= 0.3 is 0 Å². The van der Waals surface area contributed by atoms with E-state index >= 15 is 0 Å². The summed E-state index contributed by atoms with van der Waals surface area (Å²) in [4.78, 5) is 33.8. The van der Waals surface area contributed by atoms with Gasteiger partial charge in [0.25, 0.3) is 11.7 Å². The highest BCUT2D eigenvalue weighted by molar-refractivity contribution is 9.10. The summed E-state index contributed by atoms with van der Waals surface area (Å²) in [6.45, 7) is 7.93. The molecule has 0 atom stereocenters. The van der Waals surface area contributed by atoms with Crippen LogP contribution in [0.5, 0.6) is 0 Å². The largest absolute Gasteiger partial charge is 0.444 e. The van der Waals surface area contributed by atoms with Crippen molar-refractivity contribution in [3.05, 3.63) is 74.7 Å². The molecule has 34 heavy (non-hydrogen) atoms. The van der Waals surface area contributed by atoms with Crippen molar-refractivity contribution in [1.82, 2.24) is 24.9 Å². The van der Waals surface area contributed by atoms with Gasteiger partial charge in [0.15, 0.2) is 16.3 Å². The van der Waals surface area contributed by atoms with E-state index in [0.717, 1.165) is 33.8 Å². The van der Waals surface area contributed by atoms with Crippen LogP contribution in [0.25, 0.3) is 5.78 Å². The molecule has 3 heterocycles. The average Bonchev–Trinajstić information content (AvgIpc) is 3.40. The normalized spacial score (nSPS) is 11.1. The first-order valence-corrected chi connectivity index (χ1v) is 11.6. The zero-order valence-corrected chi connectivity index (χ0v) is 21.0. The molecule has 0 fully saturated rings. The lowest BCUT2D eigenvalue weighted by Crippen LogP contribution is -2.23. The Bertz CT molecular complexity index is 1390. The zero-order valence-electron chi connectivity index (χ0n) is 19.4. The third-order valence-electron chi connectivity index (χ3n) is 5.57. The second-order valence-corrected chi connectivity index (χ2v) is 8.94. The molecule has 0 saturated carbocycles. The van der Waals surface area contributed by atoms with Gasteiger partial charge in [-0.05, 0) is 84.9 Å². The third-order valence-corrected chi connectivity index (χ3v) is 5.99. The monoisotopic (exact) mass is 524 g/mol. The summed E-state index contributed by atoms with van der Waals surface area (Å²) in [6, 6.07) is 9.21. The summed E-state index contributed by atoms with van der Waals surface area (Å²) < 4.78 is 7.38. The summed E-state index contributed by atoms with van der Waals surface area (Å²) in [5.41, 5.74) is 5.56. The lowest BCUT2D eigenvalue weighted by Gasteiger charge is -2.12. The van der Waals surface area contributed by atoms with E-state index in [9.17, 15) is 9.59 Å². The number of halogens is 1. The van der Waals surface area contributed by atoms with Crippen molar-refractivity contribution < 1.29 is 14.0 Å². The highest BCUT2D eigenvalue weighted by Crippen LogP contribution is 2.19. The zero-order chi connectivity index (χ0) is 24.4. The maximum atomic E-state index is 12.6. The topological polar surface area (TPSA) is 114 Å². The summed E-state index contributed by atoms with van der Waals surface area (Å²) in [5, 5.41) is 10.2. The van der Waals surface area contributed by atoms with Gasteiger partial charge < -0.3 is 15.1 Å². The molecule has 0 bridgehead atoms. The Morgan fingerprint density at radius 2 is 1.88 bits per heavy atom. The van der Waals surface area contributed by atoms with Crippen molar-refractivity contribution in [3.8, 4) is 0 Å². The van der Waals surface area contributed by atoms with Gasteiger partial charge in [0.1, 0.15) is 0 Å². The van der Waals surface area contributed by atoms with Crippen molar-refractivity contribution >= 4 is 39.2 Å². The highest BCUT2D eigenvalue weighted by Gasteiger charge is 2.16. The van der Waals surface area contributed by atoms with Crippen LogP contribution in [0.15, 0.2) is 39.4 Å². The molecule has 2 amide bonds. The number of hydrogen-bond donors (Lipinski definition) is 2. The molecule has 2 N–H and O–H groups in total. The van der Waals surface area contributed by atoms with Crippen LogP contribution < -0.4 is 10.6 Å². The van der Waals surface area contributed by atoms with E-state index in [1.54, 1.807) is 16.6 Å². The number of hydrogen-bond acceptors (Lipinski definition) is 6. The lowest BCUT2D eigenvalue weighted by molar-refractivity contribution is -0.116. The Hall–Kier alpha value is -3.53.